The number of aliphatic hydroxyl groups excluding tert-OH is 1. The molecule has 0 fully saturated rings. The molecule has 0 aliphatic carbocycles. The standard InChI is InChI=1S/C10H20F3NO/c1-4-5-14(7-10(11,12)13)6-9(2,3)8-15/h15H,4-8H2,1-3H3. The number of nitrogens with zero attached hydrogens (tertiary/aromatic N) is 1. The number of hydrogen-bond donors (Lipinski definition) is 1. The Morgan fingerprint density at radius 1 is 1.13 bits per heavy atom. The molecule has 0 bridgehead atoms. The monoisotopic (exact) mass is 227 g/mol. The lowest BCUT2D eigenvalue weighted by molar-refractivity contribution is -0.149. The third-order valence-electron chi connectivity index (χ3n) is 2.02. The van der Waals surface area contributed by atoms with Crippen LogP contribution in [-0.4, -0.2) is 42.4 Å². The largest absolute Gasteiger partial charge is 0.401 e. The van der Waals surface area contributed by atoms with Gasteiger partial charge in [-0.1, -0.05) is 20.8 Å². The average molecular weight is 227 g/mol. The second-order valence-corrected chi connectivity index (χ2v) is 4.65. The van der Waals surface area contributed by atoms with Gasteiger partial charge in [-0.05, 0) is 13.0 Å². The maximum atomic E-state index is 12.2. The first-order valence-corrected chi connectivity index (χ1v) is 5.10. The lowest BCUT2D eigenvalue weighted by Crippen LogP contribution is -2.42. The Morgan fingerprint density at radius 3 is 2.00 bits per heavy atom. The van der Waals surface area contributed by atoms with Crippen LogP contribution in [0.3, 0.4) is 0 Å². The van der Waals surface area contributed by atoms with Gasteiger partial charge < -0.3 is 5.11 Å². The molecule has 92 valence electrons. The molecule has 0 unspecified atom stereocenters. The molecule has 0 aromatic rings. The first-order chi connectivity index (χ1) is 6.70. The van der Waals surface area contributed by atoms with E-state index in [1.165, 1.54) is 4.90 Å². The zero-order chi connectivity index (χ0) is 12.1. The first-order valence-electron chi connectivity index (χ1n) is 5.10. The summed E-state index contributed by atoms with van der Waals surface area (Å²) in [5.74, 6) is 0. The van der Waals surface area contributed by atoms with Crippen molar-refractivity contribution in [3.05, 3.63) is 0 Å². The predicted molar refractivity (Wildman–Crippen MR) is 53.7 cm³/mol. The van der Waals surface area contributed by atoms with E-state index in [4.69, 9.17) is 5.11 Å². The summed E-state index contributed by atoms with van der Waals surface area (Å²) < 4.78 is 36.6. The van der Waals surface area contributed by atoms with Gasteiger partial charge in [0.25, 0.3) is 0 Å². The van der Waals surface area contributed by atoms with Gasteiger partial charge in [-0.2, -0.15) is 13.2 Å². The van der Waals surface area contributed by atoms with Crippen LogP contribution in [0.15, 0.2) is 0 Å². The number of halogens is 3. The second-order valence-electron chi connectivity index (χ2n) is 4.65. The number of alkyl halides is 3. The van der Waals surface area contributed by atoms with Crippen LogP contribution in [0.4, 0.5) is 13.2 Å². The molecule has 0 rings (SSSR count). The fourth-order valence-corrected chi connectivity index (χ4v) is 1.44. The third kappa shape index (κ3) is 7.62. The number of aliphatic hydroxyl groups is 1. The minimum Gasteiger partial charge on any atom is -0.396 e. The summed E-state index contributed by atoms with van der Waals surface area (Å²) in [6.07, 6.45) is -3.49. The van der Waals surface area contributed by atoms with E-state index >= 15 is 0 Å². The van der Waals surface area contributed by atoms with Crippen LogP contribution >= 0.6 is 0 Å². The molecule has 0 heterocycles. The summed E-state index contributed by atoms with van der Waals surface area (Å²) in [4.78, 5) is 1.34. The van der Waals surface area contributed by atoms with Crippen molar-refractivity contribution in [2.24, 2.45) is 5.41 Å². The van der Waals surface area contributed by atoms with Gasteiger partial charge >= 0.3 is 6.18 Å². The summed E-state index contributed by atoms with van der Waals surface area (Å²) in [6.45, 7) is 5.02. The summed E-state index contributed by atoms with van der Waals surface area (Å²) in [5, 5.41) is 9.00. The smallest absolute Gasteiger partial charge is 0.396 e. The van der Waals surface area contributed by atoms with Crippen LogP contribution in [-0.2, 0) is 0 Å². The predicted octanol–water partition coefficient (Wildman–Crippen LogP) is 2.28. The van der Waals surface area contributed by atoms with E-state index in [2.05, 4.69) is 0 Å². The molecule has 15 heavy (non-hydrogen) atoms. The molecule has 5 heteroatoms. The van der Waals surface area contributed by atoms with E-state index in [0.717, 1.165) is 0 Å². The van der Waals surface area contributed by atoms with Crippen molar-refractivity contribution in [3.8, 4) is 0 Å². The normalized spacial score (nSPS) is 13.6. The van der Waals surface area contributed by atoms with Gasteiger partial charge in [0, 0.05) is 18.6 Å². The van der Waals surface area contributed by atoms with E-state index in [9.17, 15) is 13.2 Å². The van der Waals surface area contributed by atoms with Crippen molar-refractivity contribution in [2.75, 3.05) is 26.2 Å². The van der Waals surface area contributed by atoms with E-state index < -0.39 is 18.1 Å². The summed E-state index contributed by atoms with van der Waals surface area (Å²) in [6, 6.07) is 0. The molecule has 0 aliphatic heterocycles. The van der Waals surface area contributed by atoms with Crippen LogP contribution in [0.1, 0.15) is 27.2 Å². The molecule has 2 nitrogen and oxygen atoms in total. The van der Waals surface area contributed by atoms with Crippen LogP contribution in [0.5, 0.6) is 0 Å². The van der Waals surface area contributed by atoms with E-state index in [0.29, 0.717) is 13.0 Å². The van der Waals surface area contributed by atoms with Crippen molar-refractivity contribution in [1.29, 1.82) is 0 Å². The highest BCUT2D eigenvalue weighted by Gasteiger charge is 2.32. The summed E-state index contributed by atoms with van der Waals surface area (Å²) in [5.41, 5.74) is -0.486. The molecule has 0 saturated carbocycles. The number of hydrogen-bond acceptors (Lipinski definition) is 2. The molecular formula is C10H20F3NO. The molecular weight excluding hydrogens is 207 g/mol. The summed E-state index contributed by atoms with van der Waals surface area (Å²) in [7, 11) is 0. The maximum absolute atomic E-state index is 12.2. The number of rotatable bonds is 6. The molecule has 0 saturated heterocycles. The zero-order valence-corrected chi connectivity index (χ0v) is 9.56. The molecule has 0 aliphatic rings. The van der Waals surface area contributed by atoms with E-state index in [1.807, 2.05) is 6.92 Å². The molecule has 1 N–H and O–H groups in total. The Labute approximate surface area is 89.1 Å². The lowest BCUT2D eigenvalue weighted by Gasteiger charge is -2.31. The minimum atomic E-state index is -4.17. The Kier molecular flexibility index (Phi) is 5.59. The Morgan fingerprint density at radius 2 is 1.67 bits per heavy atom. The van der Waals surface area contributed by atoms with Gasteiger partial charge in [0.1, 0.15) is 0 Å². The average Bonchev–Trinajstić information content (AvgIpc) is 2.01. The lowest BCUT2D eigenvalue weighted by atomic mass is 9.94. The zero-order valence-electron chi connectivity index (χ0n) is 9.56. The van der Waals surface area contributed by atoms with E-state index in [1.54, 1.807) is 13.8 Å². The Balaban J connectivity index is 4.28. The Bertz CT molecular complexity index is 180. The SMILES string of the molecule is CCCN(CC(F)(F)F)CC(C)(C)CO. The first kappa shape index (κ1) is 14.7. The van der Waals surface area contributed by atoms with Gasteiger partial charge in [0.05, 0.1) is 6.54 Å². The van der Waals surface area contributed by atoms with Gasteiger partial charge in [-0.3, -0.25) is 4.90 Å². The van der Waals surface area contributed by atoms with Gasteiger partial charge in [-0.15, -0.1) is 0 Å². The van der Waals surface area contributed by atoms with Crippen LogP contribution in [0, 0.1) is 5.41 Å². The van der Waals surface area contributed by atoms with Crippen molar-refractivity contribution in [3.63, 3.8) is 0 Å². The van der Waals surface area contributed by atoms with Crippen LogP contribution in [0.25, 0.3) is 0 Å². The van der Waals surface area contributed by atoms with Gasteiger partial charge in [0.15, 0.2) is 0 Å². The van der Waals surface area contributed by atoms with Gasteiger partial charge in [-0.25, -0.2) is 0 Å². The van der Waals surface area contributed by atoms with Gasteiger partial charge in [0.2, 0.25) is 0 Å². The molecule has 0 aromatic heterocycles. The van der Waals surface area contributed by atoms with Crippen molar-refractivity contribution >= 4 is 0 Å². The maximum Gasteiger partial charge on any atom is 0.401 e. The topological polar surface area (TPSA) is 23.5 Å². The van der Waals surface area contributed by atoms with Crippen molar-refractivity contribution in [1.82, 2.24) is 4.90 Å². The fraction of sp³-hybridized carbons (Fsp3) is 1.00. The highest BCUT2D eigenvalue weighted by atomic mass is 19.4. The van der Waals surface area contributed by atoms with Crippen LogP contribution in [0.2, 0.25) is 0 Å². The highest BCUT2D eigenvalue weighted by molar-refractivity contribution is 4.74. The van der Waals surface area contributed by atoms with Crippen LogP contribution < -0.4 is 0 Å². The van der Waals surface area contributed by atoms with Crippen molar-refractivity contribution < 1.29 is 18.3 Å². The fourth-order valence-electron chi connectivity index (χ4n) is 1.44. The molecule has 0 spiro atoms. The third-order valence-corrected chi connectivity index (χ3v) is 2.02. The molecule has 0 radical (unpaired) electrons. The molecule has 0 aromatic carbocycles. The molecule has 0 atom stereocenters. The van der Waals surface area contributed by atoms with E-state index in [-0.39, 0.29) is 13.2 Å². The minimum absolute atomic E-state index is 0.106. The van der Waals surface area contributed by atoms with Crippen molar-refractivity contribution in [2.45, 2.75) is 33.4 Å². The summed E-state index contributed by atoms with van der Waals surface area (Å²) >= 11 is 0. The highest BCUT2D eigenvalue weighted by Crippen LogP contribution is 2.21. The quantitative estimate of drug-likeness (QED) is 0.752. The Hall–Kier alpha value is -0.290. The molecule has 0 amide bonds. The second kappa shape index (κ2) is 5.70.